The number of nitriles is 1. The smallest absolute Gasteiger partial charge is 0.308 e. The number of esters is 1. The van der Waals surface area contributed by atoms with Gasteiger partial charge in [-0.05, 0) is 20.8 Å². The topological polar surface area (TPSA) is 62.1 Å². The van der Waals surface area contributed by atoms with E-state index in [0.717, 1.165) is 0 Å². The summed E-state index contributed by atoms with van der Waals surface area (Å²) in [5.41, 5.74) is -0.513. The van der Waals surface area contributed by atoms with Crippen molar-refractivity contribution >= 4 is 5.97 Å². The number of hydrogen-bond donors (Lipinski definition) is 1. The molecule has 0 radical (unpaired) electrons. The van der Waals surface area contributed by atoms with Gasteiger partial charge in [0, 0.05) is 0 Å². The summed E-state index contributed by atoms with van der Waals surface area (Å²) >= 11 is 0. The number of nitrogens with zero attached hydrogens (tertiary/aromatic N) is 1. The summed E-state index contributed by atoms with van der Waals surface area (Å²) in [5, 5.41) is 10.8. The highest BCUT2D eigenvalue weighted by atomic mass is 16.5. The summed E-state index contributed by atoms with van der Waals surface area (Å²) < 4.78 is 4.74. The summed E-state index contributed by atoms with van der Waals surface area (Å²) in [5.74, 6) is -0.287. The lowest BCUT2D eigenvalue weighted by Crippen LogP contribution is -2.38. The van der Waals surface area contributed by atoms with E-state index in [9.17, 15) is 4.79 Å². The molecule has 68 valence electrons. The van der Waals surface area contributed by atoms with Crippen molar-refractivity contribution in [1.82, 2.24) is 5.32 Å². The largest absolute Gasteiger partial charge is 0.466 e. The minimum Gasteiger partial charge on any atom is -0.466 e. The predicted octanol–water partition coefficient (Wildman–Crippen LogP) is 0.789. The molecular formula is C8H14N2O2. The summed E-state index contributed by atoms with van der Waals surface area (Å²) in [6, 6.07) is 0. The van der Waals surface area contributed by atoms with Crippen molar-refractivity contribution in [2.45, 2.75) is 32.7 Å². The molecule has 0 rings (SSSR count). The number of hydrogen-bond acceptors (Lipinski definition) is 4. The van der Waals surface area contributed by atoms with Crippen LogP contribution in [0.4, 0.5) is 0 Å². The lowest BCUT2D eigenvalue weighted by molar-refractivity contribution is -0.144. The van der Waals surface area contributed by atoms with Crippen LogP contribution in [0.1, 0.15) is 27.2 Å². The molecule has 0 saturated carbocycles. The Kier molecular flexibility index (Phi) is 4.12. The molecule has 0 aliphatic rings. The van der Waals surface area contributed by atoms with Crippen molar-refractivity contribution < 1.29 is 9.53 Å². The second-order valence-electron chi connectivity index (χ2n) is 3.10. The Balaban J connectivity index is 3.89. The van der Waals surface area contributed by atoms with Crippen molar-refractivity contribution in [3.8, 4) is 6.19 Å². The fourth-order valence-electron chi connectivity index (χ4n) is 0.768. The van der Waals surface area contributed by atoms with Gasteiger partial charge in [-0.2, -0.15) is 5.26 Å². The molecule has 1 N–H and O–H groups in total. The first-order chi connectivity index (χ1) is 5.52. The van der Waals surface area contributed by atoms with E-state index in [1.807, 2.05) is 0 Å². The molecule has 0 atom stereocenters. The fraction of sp³-hybridized carbons (Fsp3) is 0.750. The molecule has 0 aromatic carbocycles. The maximum Gasteiger partial charge on any atom is 0.308 e. The Morgan fingerprint density at radius 1 is 1.67 bits per heavy atom. The molecular weight excluding hydrogens is 156 g/mol. The highest BCUT2D eigenvalue weighted by Gasteiger charge is 2.21. The van der Waals surface area contributed by atoms with Crippen LogP contribution in [-0.2, 0) is 9.53 Å². The molecule has 0 aromatic heterocycles. The summed E-state index contributed by atoms with van der Waals surface area (Å²) in [7, 11) is 0. The molecule has 0 fully saturated rings. The van der Waals surface area contributed by atoms with Crippen molar-refractivity contribution in [2.75, 3.05) is 6.61 Å². The van der Waals surface area contributed by atoms with E-state index in [-0.39, 0.29) is 12.4 Å². The molecule has 4 nitrogen and oxygen atoms in total. The maximum atomic E-state index is 11.0. The zero-order valence-electron chi connectivity index (χ0n) is 7.68. The lowest BCUT2D eigenvalue weighted by atomic mass is 10.0. The Hall–Kier alpha value is -1.24. The minimum atomic E-state index is -0.513. The Morgan fingerprint density at radius 3 is 2.67 bits per heavy atom. The van der Waals surface area contributed by atoms with Crippen LogP contribution in [0.5, 0.6) is 0 Å². The highest BCUT2D eigenvalue weighted by molar-refractivity contribution is 5.70. The normalized spacial score (nSPS) is 10.2. The van der Waals surface area contributed by atoms with E-state index in [2.05, 4.69) is 5.32 Å². The van der Waals surface area contributed by atoms with E-state index in [0.29, 0.717) is 6.61 Å². The van der Waals surface area contributed by atoms with E-state index >= 15 is 0 Å². The first kappa shape index (κ1) is 10.8. The van der Waals surface area contributed by atoms with E-state index < -0.39 is 5.54 Å². The van der Waals surface area contributed by atoms with Crippen molar-refractivity contribution in [2.24, 2.45) is 0 Å². The maximum absolute atomic E-state index is 11.0. The molecule has 0 unspecified atom stereocenters. The number of carbonyl (C=O) groups excluding carboxylic acids is 1. The van der Waals surface area contributed by atoms with E-state index in [1.54, 1.807) is 27.0 Å². The van der Waals surface area contributed by atoms with Crippen LogP contribution < -0.4 is 5.32 Å². The monoisotopic (exact) mass is 170 g/mol. The third kappa shape index (κ3) is 4.56. The van der Waals surface area contributed by atoms with Gasteiger partial charge in [-0.15, -0.1) is 0 Å². The molecule has 0 amide bonds. The first-order valence-electron chi connectivity index (χ1n) is 3.83. The Bertz CT molecular complexity index is 194. The Labute approximate surface area is 72.5 Å². The number of carbonyl (C=O) groups is 1. The van der Waals surface area contributed by atoms with Crippen LogP contribution in [0.25, 0.3) is 0 Å². The molecule has 0 spiro atoms. The van der Waals surface area contributed by atoms with Gasteiger partial charge in [-0.25, -0.2) is 0 Å². The van der Waals surface area contributed by atoms with Gasteiger partial charge >= 0.3 is 5.97 Å². The van der Waals surface area contributed by atoms with Gasteiger partial charge in [0.1, 0.15) is 0 Å². The van der Waals surface area contributed by atoms with Crippen LogP contribution in [0.2, 0.25) is 0 Å². The summed E-state index contributed by atoms with van der Waals surface area (Å²) in [4.78, 5) is 11.0. The van der Waals surface area contributed by atoms with Crippen molar-refractivity contribution in [1.29, 1.82) is 5.26 Å². The lowest BCUT2D eigenvalue weighted by Gasteiger charge is -2.20. The van der Waals surface area contributed by atoms with Gasteiger partial charge in [0.05, 0.1) is 18.6 Å². The molecule has 0 saturated heterocycles. The van der Waals surface area contributed by atoms with Gasteiger partial charge in [-0.3, -0.25) is 4.79 Å². The Morgan fingerprint density at radius 2 is 2.25 bits per heavy atom. The van der Waals surface area contributed by atoms with Crippen molar-refractivity contribution in [3.63, 3.8) is 0 Å². The first-order valence-corrected chi connectivity index (χ1v) is 3.83. The van der Waals surface area contributed by atoms with Gasteiger partial charge < -0.3 is 10.1 Å². The second-order valence-corrected chi connectivity index (χ2v) is 3.10. The minimum absolute atomic E-state index is 0.203. The quantitative estimate of drug-likeness (QED) is 0.385. The number of ether oxygens (including phenoxy) is 1. The third-order valence-electron chi connectivity index (χ3n) is 1.29. The van der Waals surface area contributed by atoms with Crippen LogP contribution in [0.3, 0.4) is 0 Å². The van der Waals surface area contributed by atoms with Gasteiger partial charge in [-0.1, -0.05) is 0 Å². The van der Waals surface area contributed by atoms with Crippen LogP contribution in [-0.4, -0.2) is 18.1 Å². The van der Waals surface area contributed by atoms with Gasteiger partial charge in [0.15, 0.2) is 6.19 Å². The van der Waals surface area contributed by atoms with Crippen molar-refractivity contribution in [3.05, 3.63) is 0 Å². The van der Waals surface area contributed by atoms with Crippen LogP contribution >= 0.6 is 0 Å². The van der Waals surface area contributed by atoms with Crippen LogP contribution in [0, 0.1) is 11.5 Å². The third-order valence-corrected chi connectivity index (χ3v) is 1.29. The molecule has 0 aliphatic heterocycles. The predicted molar refractivity (Wildman–Crippen MR) is 44.1 cm³/mol. The fourth-order valence-corrected chi connectivity index (χ4v) is 0.768. The molecule has 4 heteroatoms. The average Bonchev–Trinajstić information content (AvgIpc) is 1.85. The number of nitrogens with one attached hydrogen (secondary N) is 1. The molecule has 0 bridgehead atoms. The average molecular weight is 170 g/mol. The van der Waals surface area contributed by atoms with E-state index in [4.69, 9.17) is 10.00 Å². The summed E-state index contributed by atoms with van der Waals surface area (Å²) in [6.45, 7) is 5.67. The molecule has 12 heavy (non-hydrogen) atoms. The summed E-state index contributed by atoms with van der Waals surface area (Å²) in [6.07, 6.45) is 2.00. The van der Waals surface area contributed by atoms with E-state index in [1.165, 1.54) is 0 Å². The highest BCUT2D eigenvalue weighted by Crippen LogP contribution is 2.08. The molecule has 0 aliphatic carbocycles. The second kappa shape index (κ2) is 4.60. The standard InChI is InChI=1S/C8H14N2O2/c1-4-12-7(11)5-8(2,3)10-6-9/h10H,4-5H2,1-3H3. The van der Waals surface area contributed by atoms with Gasteiger partial charge in [0.2, 0.25) is 0 Å². The molecule has 0 heterocycles. The number of rotatable bonds is 4. The zero-order chi connectivity index (χ0) is 9.61. The SMILES string of the molecule is CCOC(=O)CC(C)(C)NC#N. The molecule has 0 aromatic rings. The zero-order valence-corrected chi connectivity index (χ0v) is 7.68. The van der Waals surface area contributed by atoms with Crippen LogP contribution in [0.15, 0.2) is 0 Å². The van der Waals surface area contributed by atoms with Gasteiger partial charge in [0.25, 0.3) is 0 Å².